The molecule has 1 aromatic heterocycles. The molecule has 0 amide bonds. The predicted octanol–water partition coefficient (Wildman–Crippen LogP) is 3.66. The highest BCUT2D eigenvalue weighted by Gasteiger charge is 2.11. The molecule has 1 rings (SSSR count). The first-order valence-corrected chi connectivity index (χ1v) is 7.97. The van der Waals surface area contributed by atoms with Gasteiger partial charge in [-0.1, -0.05) is 40.2 Å². The van der Waals surface area contributed by atoms with Crippen molar-refractivity contribution in [2.75, 3.05) is 0 Å². The van der Waals surface area contributed by atoms with Gasteiger partial charge in [-0.3, -0.25) is 4.79 Å². The maximum atomic E-state index is 12.6. The Bertz CT molecular complexity index is 463. The lowest BCUT2D eigenvalue weighted by atomic mass is 10.1. The molecule has 0 aliphatic rings. The molecule has 114 valence electrons. The Labute approximate surface area is 123 Å². The third-order valence-corrected chi connectivity index (χ3v) is 3.87. The van der Waals surface area contributed by atoms with Crippen LogP contribution < -0.4 is 10.9 Å². The number of pyridine rings is 1. The van der Waals surface area contributed by atoms with E-state index in [1.54, 1.807) is 0 Å². The van der Waals surface area contributed by atoms with E-state index in [0.717, 1.165) is 37.1 Å². The van der Waals surface area contributed by atoms with Crippen LogP contribution in [-0.2, 0) is 13.1 Å². The fraction of sp³-hybridized carbons (Fsp3) is 0.706. The highest BCUT2D eigenvalue weighted by atomic mass is 16.1. The minimum absolute atomic E-state index is 0.181. The van der Waals surface area contributed by atoms with Crippen molar-refractivity contribution in [1.82, 2.24) is 9.88 Å². The Balaban J connectivity index is 3.01. The van der Waals surface area contributed by atoms with Gasteiger partial charge in [0.25, 0.3) is 5.56 Å². The van der Waals surface area contributed by atoms with E-state index in [9.17, 15) is 4.79 Å². The molecule has 20 heavy (non-hydrogen) atoms. The van der Waals surface area contributed by atoms with Crippen LogP contribution in [0.3, 0.4) is 0 Å². The van der Waals surface area contributed by atoms with Gasteiger partial charge in [0.1, 0.15) is 0 Å². The van der Waals surface area contributed by atoms with Crippen LogP contribution in [-0.4, -0.2) is 10.6 Å². The summed E-state index contributed by atoms with van der Waals surface area (Å²) in [5, 5.41) is 3.41. The van der Waals surface area contributed by atoms with E-state index in [2.05, 4.69) is 46.0 Å². The molecule has 1 unspecified atom stereocenters. The van der Waals surface area contributed by atoms with Crippen LogP contribution >= 0.6 is 0 Å². The summed E-state index contributed by atoms with van der Waals surface area (Å²) in [6.07, 6.45) is 3.25. The van der Waals surface area contributed by atoms with Crippen molar-refractivity contribution in [3.8, 4) is 0 Å². The van der Waals surface area contributed by atoms with E-state index in [1.807, 2.05) is 10.6 Å². The van der Waals surface area contributed by atoms with Crippen molar-refractivity contribution >= 4 is 0 Å². The Morgan fingerprint density at radius 2 is 1.90 bits per heavy atom. The Hall–Kier alpha value is -1.09. The highest BCUT2D eigenvalue weighted by Crippen LogP contribution is 2.14. The van der Waals surface area contributed by atoms with Gasteiger partial charge in [0.2, 0.25) is 0 Å². The summed E-state index contributed by atoms with van der Waals surface area (Å²) in [7, 11) is 0. The first-order valence-electron chi connectivity index (χ1n) is 7.97. The monoisotopic (exact) mass is 278 g/mol. The largest absolute Gasteiger partial charge is 0.312 e. The van der Waals surface area contributed by atoms with Gasteiger partial charge in [-0.15, -0.1) is 0 Å². The molecule has 3 heteroatoms. The number of rotatable bonds is 8. The van der Waals surface area contributed by atoms with E-state index in [4.69, 9.17) is 0 Å². The van der Waals surface area contributed by atoms with Gasteiger partial charge >= 0.3 is 0 Å². The van der Waals surface area contributed by atoms with Gasteiger partial charge < -0.3 is 9.88 Å². The average Bonchev–Trinajstić information content (AvgIpc) is 2.43. The summed E-state index contributed by atoms with van der Waals surface area (Å²) in [4.78, 5) is 12.6. The van der Waals surface area contributed by atoms with Crippen molar-refractivity contribution in [3.63, 3.8) is 0 Å². The summed E-state index contributed by atoms with van der Waals surface area (Å²) < 4.78 is 1.97. The summed E-state index contributed by atoms with van der Waals surface area (Å²) in [5.74, 6) is 0.385. The zero-order valence-electron chi connectivity index (χ0n) is 13.7. The maximum Gasteiger partial charge on any atom is 0.255 e. The third kappa shape index (κ3) is 4.48. The van der Waals surface area contributed by atoms with Crippen LogP contribution in [0.15, 0.2) is 16.9 Å². The van der Waals surface area contributed by atoms with E-state index in [1.165, 1.54) is 0 Å². The SMILES string of the molecule is CCCCn1c(C(C)C)ccc(CNC(C)CC)c1=O. The molecular formula is C17H30N2O. The first-order chi connectivity index (χ1) is 9.51. The van der Waals surface area contributed by atoms with Gasteiger partial charge in [-0.2, -0.15) is 0 Å². The average molecular weight is 278 g/mol. The van der Waals surface area contributed by atoms with Gasteiger partial charge in [0, 0.05) is 30.4 Å². The van der Waals surface area contributed by atoms with Gasteiger partial charge in [-0.05, 0) is 31.7 Å². The summed E-state index contributed by atoms with van der Waals surface area (Å²) in [6, 6.07) is 4.56. The Morgan fingerprint density at radius 1 is 1.20 bits per heavy atom. The smallest absolute Gasteiger partial charge is 0.255 e. The maximum absolute atomic E-state index is 12.6. The summed E-state index contributed by atoms with van der Waals surface area (Å²) in [5.41, 5.74) is 2.21. The number of nitrogens with one attached hydrogen (secondary N) is 1. The van der Waals surface area contributed by atoms with Crippen LogP contribution in [0.4, 0.5) is 0 Å². The van der Waals surface area contributed by atoms with Gasteiger partial charge in [0.15, 0.2) is 0 Å². The lowest BCUT2D eigenvalue weighted by Gasteiger charge is -2.18. The van der Waals surface area contributed by atoms with E-state index < -0.39 is 0 Å². The molecule has 1 atom stereocenters. The quantitative estimate of drug-likeness (QED) is 0.787. The van der Waals surface area contributed by atoms with E-state index in [-0.39, 0.29) is 5.56 Å². The number of unbranched alkanes of at least 4 members (excludes halogenated alkanes) is 1. The molecule has 0 radical (unpaired) electrons. The molecule has 0 aromatic carbocycles. The van der Waals surface area contributed by atoms with Crippen molar-refractivity contribution < 1.29 is 0 Å². The zero-order chi connectivity index (χ0) is 15.1. The molecule has 1 N–H and O–H groups in total. The van der Waals surface area contributed by atoms with Gasteiger partial charge in [0.05, 0.1) is 0 Å². The molecule has 0 bridgehead atoms. The molecule has 0 aliphatic carbocycles. The minimum Gasteiger partial charge on any atom is -0.312 e. The molecule has 0 saturated carbocycles. The van der Waals surface area contributed by atoms with Crippen molar-refractivity contribution in [2.24, 2.45) is 0 Å². The summed E-state index contributed by atoms with van der Waals surface area (Å²) >= 11 is 0. The van der Waals surface area contributed by atoms with Crippen molar-refractivity contribution in [2.45, 2.75) is 78.9 Å². The fourth-order valence-corrected chi connectivity index (χ4v) is 2.25. The van der Waals surface area contributed by atoms with Crippen LogP contribution in [0.25, 0.3) is 0 Å². The number of hydrogen-bond donors (Lipinski definition) is 1. The fourth-order valence-electron chi connectivity index (χ4n) is 2.25. The van der Waals surface area contributed by atoms with Crippen LogP contribution in [0.1, 0.15) is 71.1 Å². The molecule has 3 nitrogen and oxygen atoms in total. The van der Waals surface area contributed by atoms with Crippen molar-refractivity contribution in [3.05, 3.63) is 33.7 Å². The second-order valence-corrected chi connectivity index (χ2v) is 5.94. The highest BCUT2D eigenvalue weighted by molar-refractivity contribution is 5.18. The number of hydrogen-bond acceptors (Lipinski definition) is 2. The molecule has 0 saturated heterocycles. The minimum atomic E-state index is 0.181. The molecular weight excluding hydrogens is 248 g/mol. The zero-order valence-corrected chi connectivity index (χ0v) is 13.7. The lowest BCUT2D eigenvalue weighted by molar-refractivity contribution is 0.521. The molecule has 0 spiro atoms. The predicted molar refractivity (Wildman–Crippen MR) is 86.3 cm³/mol. The number of nitrogens with zero attached hydrogens (tertiary/aromatic N) is 1. The van der Waals surface area contributed by atoms with E-state index in [0.29, 0.717) is 18.5 Å². The molecule has 1 aromatic rings. The third-order valence-electron chi connectivity index (χ3n) is 3.87. The first kappa shape index (κ1) is 17.0. The van der Waals surface area contributed by atoms with Crippen molar-refractivity contribution in [1.29, 1.82) is 0 Å². The van der Waals surface area contributed by atoms with Crippen LogP contribution in [0, 0.1) is 0 Å². The second kappa shape index (κ2) is 8.25. The lowest BCUT2D eigenvalue weighted by Crippen LogP contribution is -2.32. The topological polar surface area (TPSA) is 34.0 Å². The Kier molecular flexibility index (Phi) is 7.00. The normalized spacial score (nSPS) is 12.9. The van der Waals surface area contributed by atoms with Crippen LogP contribution in [0.5, 0.6) is 0 Å². The summed E-state index contributed by atoms with van der Waals surface area (Å²) in [6.45, 7) is 12.3. The second-order valence-electron chi connectivity index (χ2n) is 5.94. The molecule has 0 aliphatic heterocycles. The molecule has 0 fully saturated rings. The molecule has 1 heterocycles. The Morgan fingerprint density at radius 3 is 2.45 bits per heavy atom. The number of aromatic nitrogens is 1. The standard InChI is InChI=1S/C17H30N2O/c1-6-8-11-19-16(13(3)4)10-9-15(17(19)20)12-18-14(5)7-2/h9-10,13-14,18H,6-8,11-12H2,1-5H3. The van der Waals surface area contributed by atoms with Gasteiger partial charge in [-0.25, -0.2) is 0 Å². The van der Waals surface area contributed by atoms with E-state index >= 15 is 0 Å². The van der Waals surface area contributed by atoms with Crippen LogP contribution in [0.2, 0.25) is 0 Å².